The zero-order valence-electron chi connectivity index (χ0n) is 10.6. The fourth-order valence-corrected chi connectivity index (χ4v) is 2.66. The van der Waals surface area contributed by atoms with E-state index in [2.05, 4.69) is 10.3 Å². The van der Waals surface area contributed by atoms with Gasteiger partial charge in [-0.25, -0.2) is 17.7 Å². The van der Waals surface area contributed by atoms with Crippen molar-refractivity contribution in [2.75, 3.05) is 31.2 Å². The molecule has 7 heteroatoms. The van der Waals surface area contributed by atoms with E-state index in [9.17, 15) is 8.42 Å². The summed E-state index contributed by atoms with van der Waals surface area (Å²) >= 11 is 5.75. The van der Waals surface area contributed by atoms with Crippen molar-refractivity contribution in [1.29, 1.82) is 0 Å². The topological polar surface area (TPSA) is 62.3 Å². The molecule has 0 aliphatic carbocycles. The van der Waals surface area contributed by atoms with Gasteiger partial charge in [0.25, 0.3) is 0 Å². The maximum Gasteiger partial charge on any atom is 0.211 e. The van der Waals surface area contributed by atoms with Gasteiger partial charge in [-0.1, -0.05) is 18.5 Å². The number of aromatic nitrogens is 1. The van der Waals surface area contributed by atoms with E-state index in [1.165, 1.54) is 10.6 Å². The number of anilines is 1. The van der Waals surface area contributed by atoms with Crippen LogP contribution in [0.4, 0.5) is 5.69 Å². The standard InChI is InChI=1S/C11H18ClN3O2S/c1-3-15(18(2,16)17)8-4-6-13-10-5-7-14-11(12)9-10/h5,7,9H,3-4,6,8H2,1-2H3,(H,13,14). The summed E-state index contributed by atoms with van der Waals surface area (Å²) in [4.78, 5) is 3.88. The van der Waals surface area contributed by atoms with Crippen LogP contribution in [0.2, 0.25) is 5.15 Å². The van der Waals surface area contributed by atoms with Crippen LogP contribution in [0.1, 0.15) is 13.3 Å². The van der Waals surface area contributed by atoms with Crippen LogP contribution in [-0.4, -0.2) is 43.6 Å². The summed E-state index contributed by atoms with van der Waals surface area (Å²) in [7, 11) is -3.09. The molecule has 0 atom stereocenters. The lowest BCUT2D eigenvalue weighted by Gasteiger charge is -2.17. The van der Waals surface area contributed by atoms with E-state index in [0.717, 1.165) is 12.1 Å². The van der Waals surface area contributed by atoms with E-state index < -0.39 is 10.0 Å². The lowest BCUT2D eigenvalue weighted by molar-refractivity contribution is 0.429. The first-order chi connectivity index (χ1) is 8.43. The number of nitrogens with zero attached hydrogens (tertiary/aromatic N) is 2. The van der Waals surface area contributed by atoms with Crippen LogP contribution in [0.25, 0.3) is 0 Å². The van der Waals surface area contributed by atoms with E-state index in [1.807, 2.05) is 13.0 Å². The molecule has 0 amide bonds. The molecule has 0 saturated carbocycles. The third-order valence-corrected chi connectivity index (χ3v) is 4.05. The highest BCUT2D eigenvalue weighted by atomic mass is 35.5. The van der Waals surface area contributed by atoms with Crippen LogP contribution in [0.15, 0.2) is 18.3 Å². The maximum atomic E-state index is 11.4. The minimum absolute atomic E-state index is 0.436. The van der Waals surface area contributed by atoms with E-state index in [-0.39, 0.29) is 0 Å². The fraction of sp³-hybridized carbons (Fsp3) is 0.545. The summed E-state index contributed by atoms with van der Waals surface area (Å²) < 4.78 is 24.2. The second kappa shape index (κ2) is 6.92. The molecule has 0 saturated heterocycles. The number of pyridine rings is 1. The van der Waals surface area contributed by atoms with Crippen LogP contribution in [-0.2, 0) is 10.0 Å². The molecule has 1 N–H and O–H groups in total. The Hall–Kier alpha value is -0.850. The van der Waals surface area contributed by atoms with Gasteiger partial charge < -0.3 is 5.32 Å². The molecule has 0 fully saturated rings. The zero-order valence-corrected chi connectivity index (χ0v) is 12.1. The molecule has 1 aromatic heterocycles. The second-order valence-electron chi connectivity index (χ2n) is 3.90. The molecule has 18 heavy (non-hydrogen) atoms. The SMILES string of the molecule is CCN(CCCNc1ccnc(Cl)c1)S(C)(=O)=O. The average molecular weight is 292 g/mol. The Morgan fingerprint density at radius 2 is 2.22 bits per heavy atom. The molecular weight excluding hydrogens is 274 g/mol. The summed E-state index contributed by atoms with van der Waals surface area (Å²) in [5.41, 5.74) is 0.886. The highest BCUT2D eigenvalue weighted by Crippen LogP contribution is 2.11. The third kappa shape index (κ3) is 5.20. The van der Waals surface area contributed by atoms with Gasteiger partial charge in [0.2, 0.25) is 10.0 Å². The van der Waals surface area contributed by atoms with Gasteiger partial charge in [0, 0.05) is 31.5 Å². The summed E-state index contributed by atoms with van der Waals surface area (Å²) in [5, 5.41) is 3.61. The van der Waals surface area contributed by atoms with Gasteiger partial charge in [-0.2, -0.15) is 0 Å². The number of nitrogens with one attached hydrogen (secondary N) is 1. The van der Waals surface area contributed by atoms with E-state index >= 15 is 0 Å². The van der Waals surface area contributed by atoms with Gasteiger partial charge in [-0.05, 0) is 18.6 Å². The number of halogens is 1. The minimum atomic E-state index is -3.09. The predicted octanol–water partition coefficient (Wildman–Crippen LogP) is 1.82. The van der Waals surface area contributed by atoms with Crippen molar-refractivity contribution < 1.29 is 8.42 Å². The number of hydrogen-bond donors (Lipinski definition) is 1. The van der Waals surface area contributed by atoms with Crippen molar-refractivity contribution in [1.82, 2.24) is 9.29 Å². The first kappa shape index (κ1) is 15.2. The Labute approximate surface area is 113 Å². The van der Waals surface area contributed by atoms with E-state index in [0.29, 0.717) is 24.8 Å². The molecule has 1 rings (SSSR count). The molecule has 1 aromatic rings. The van der Waals surface area contributed by atoms with Crippen molar-refractivity contribution in [3.05, 3.63) is 23.5 Å². The quantitative estimate of drug-likeness (QED) is 0.615. The first-order valence-corrected chi connectivity index (χ1v) is 7.96. The molecule has 0 unspecified atom stereocenters. The van der Waals surface area contributed by atoms with Crippen LogP contribution in [0.3, 0.4) is 0 Å². The van der Waals surface area contributed by atoms with Gasteiger partial charge in [0.05, 0.1) is 6.26 Å². The van der Waals surface area contributed by atoms with Crippen LogP contribution >= 0.6 is 11.6 Å². The Morgan fingerprint density at radius 3 is 2.78 bits per heavy atom. The summed E-state index contributed by atoms with van der Waals surface area (Å²) in [5.74, 6) is 0. The molecule has 0 bridgehead atoms. The van der Waals surface area contributed by atoms with Crippen molar-refractivity contribution in [3.63, 3.8) is 0 Å². The van der Waals surface area contributed by atoms with Gasteiger partial charge in [-0.3, -0.25) is 0 Å². The van der Waals surface area contributed by atoms with E-state index in [4.69, 9.17) is 11.6 Å². The van der Waals surface area contributed by atoms with Crippen LogP contribution < -0.4 is 5.32 Å². The maximum absolute atomic E-state index is 11.4. The molecule has 0 radical (unpaired) electrons. The highest BCUT2D eigenvalue weighted by molar-refractivity contribution is 7.88. The molecule has 0 aromatic carbocycles. The Balaban J connectivity index is 2.35. The molecule has 102 valence electrons. The molecule has 0 aliphatic rings. The Morgan fingerprint density at radius 1 is 1.50 bits per heavy atom. The second-order valence-corrected chi connectivity index (χ2v) is 6.27. The zero-order chi connectivity index (χ0) is 13.6. The summed E-state index contributed by atoms with van der Waals surface area (Å²) in [6.45, 7) is 3.53. The smallest absolute Gasteiger partial charge is 0.211 e. The summed E-state index contributed by atoms with van der Waals surface area (Å²) in [6, 6.07) is 3.55. The van der Waals surface area contributed by atoms with Gasteiger partial charge in [0.15, 0.2) is 0 Å². The van der Waals surface area contributed by atoms with Crippen LogP contribution in [0.5, 0.6) is 0 Å². The highest BCUT2D eigenvalue weighted by Gasteiger charge is 2.12. The average Bonchev–Trinajstić information content (AvgIpc) is 2.27. The number of hydrogen-bond acceptors (Lipinski definition) is 4. The van der Waals surface area contributed by atoms with Crippen molar-refractivity contribution >= 4 is 27.3 Å². The number of rotatable bonds is 7. The van der Waals surface area contributed by atoms with E-state index in [1.54, 1.807) is 12.3 Å². The Bertz CT molecular complexity index is 479. The predicted molar refractivity (Wildman–Crippen MR) is 74.4 cm³/mol. The van der Waals surface area contributed by atoms with Gasteiger partial charge >= 0.3 is 0 Å². The lowest BCUT2D eigenvalue weighted by atomic mass is 10.3. The van der Waals surface area contributed by atoms with Gasteiger partial charge in [0.1, 0.15) is 5.15 Å². The van der Waals surface area contributed by atoms with Gasteiger partial charge in [-0.15, -0.1) is 0 Å². The fourth-order valence-electron chi connectivity index (χ4n) is 1.56. The molecule has 0 aliphatic heterocycles. The molecule has 0 spiro atoms. The normalized spacial score (nSPS) is 11.8. The number of sulfonamides is 1. The minimum Gasteiger partial charge on any atom is -0.385 e. The Kier molecular flexibility index (Phi) is 5.84. The first-order valence-electron chi connectivity index (χ1n) is 5.74. The van der Waals surface area contributed by atoms with Crippen molar-refractivity contribution in [2.45, 2.75) is 13.3 Å². The largest absolute Gasteiger partial charge is 0.385 e. The molecule has 5 nitrogen and oxygen atoms in total. The molecular formula is C11H18ClN3O2S. The third-order valence-electron chi connectivity index (χ3n) is 2.46. The monoisotopic (exact) mass is 291 g/mol. The lowest BCUT2D eigenvalue weighted by Crippen LogP contribution is -2.31. The molecule has 1 heterocycles. The van der Waals surface area contributed by atoms with Crippen molar-refractivity contribution in [3.8, 4) is 0 Å². The summed E-state index contributed by atoms with van der Waals surface area (Å²) in [6.07, 6.45) is 3.59. The van der Waals surface area contributed by atoms with Crippen molar-refractivity contribution in [2.24, 2.45) is 0 Å². The van der Waals surface area contributed by atoms with Crippen LogP contribution in [0, 0.1) is 0 Å².